The zero-order valence-corrected chi connectivity index (χ0v) is 17.3. The molecule has 0 aromatic carbocycles. The van der Waals surface area contributed by atoms with Gasteiger partial charge in [0.1, 0.15) is 0 Å². The average molecular weight is 375 g/mol. The van der Waals surface area contributed by atoms with Gasteiger partial charge in [-0.05, 0) is 51.8 Å². The molecular formula is C21H34N4O2. The fourth-order valence-corrected chi connectivity index (χ4v) is 4.19. The summed E-state index contributed by atoms with van der Waals surface area (Å²) < 4.78 is 5.37. The number of carbonyl (C=O) groups excluding carboxylic acids is 1. The minimum atomic E-state index is -0.171. The summed E-state index contributed by atoms with van der Waals surface area (Å²) in [6.45, 7) is 11.6. The Morgan fingerprint density at radius 2 is 1.96 bits per heavy atom. The minimum Gasteiger partial charge on any atom is -0.447 e. The molecule has 0 N–H and O–H groups in total. The molecule has 27 heavy (non-hydrogen) atoms. The number of amides is 1. The number of pyridine rings is 1. The zero-order valence-electron chi connectivity index (χ0n) is 17.3. The highest BCUT2D eigenvalue weighted by atomic mass is 16.6. The summed E-state index contributed by atoms with van der Waals surface area (Å²) in [4.78, 5) is 23.7. The number of likely N-dealkylation sites (N-methyl/N-ethyl adjacent to an activating group) is 1. The van der Waals surface area contributed by atoms with Crippen LogP contribution < -0.4 is 0 Å². The van der Waals surface area contributed by atoms with E-state index in [9.17, 15) is 4.79 Å². The Labute approximate surface area is 163 Å². The summed E-state index contributed by atoms with van der Waals surface area (Å²) >= 11 is 0. The Hall–Kier alpha value is -1.66. The van der Waals surface area contributed by atoms with Crippen molar-refractivity contribution >= 4 is 6.09 Å². The third-order valence-corrected chi connectivity index (χ3v) is 6.05. The molecule has 2 aliphatic heterocycles. The largest absolute Gasteiger partial charge is 0.447 e. The Morgan fingerprint density at radius 1 is 1.22 bits per heavy atom. The number of hydrogen-bond acceptors (Lipinski definition) is 5. The van der Waals surface area contributed by atoms with Crippen LogP contribution in [-0.2, 0) is 17.7 Å². The van der Waals surface area contributed by atoms with Gasteiger partial charge in [0.15, 0.2) is 0 Å². The predicted octanol–water partition coefficient (Wildman–Crippen LogP) is 2.77. The van der Waals surface area contributed by atoms with Gasteiger partial charge in [-0.2, -0.15) is 0 Å². The van der Waals surface area contributed by atoms with Crippen molar-refractivity contribution in [2.24, 2.45) is 0 Å². The maximum Gasteiger partial charge on any atom is 0.410 e. The van der Waals surface area contributed by atoms with E-state index in [1.54, 1.807) is 0 Å². The van der Waals surface area contributed by atoms with Gasteiger partial charge in [-0.1, -0.05) is 13.0 Å². The maximum absolute atomic E-state index is 12.2. The van der Waals surface area contributed by atoms with E-state index in [4.69, 9.17) is 4.74 Å². The molecule has 0 bridgehead atoms. The van der Waals surface area contributed by atoms with E-state index in [1.165, 1.54) is 5.56 Å². The SMILES string of the molecule is CCc1ccc(CN2CCN(C)C3(CCN(C(=O)OC(C)C)CC3)C2)nc1. The average Bonchev–Trinajstić information content (AvgIpc) is 2.65. The highest BCUT2D eigenvalue weighted by Crippen LogP contribution is 2.32. The molecule has 3 rings (SSSR count). The third-order valence-electron chi connectivity index (χ3n) is 6.05. The number of piperidine rings is 1. The van der Waals surface area contributed by atoms with Crippen molar-refractivity contribution in [3.8, 4) is 0 Å². The van der Waals surface area contributed by atoms with Gasteiger partial charge in [-0.3, -0.25) is 14.8 Å². The van der Waals surface area contributed by atoms with Crippen molar-refractivity contribution in [1.82, 2.24) is 19.7 Å². The Balaban J connectivity index is 1.59. The van der Waals surface area contributed by atoms with Gasteiger partial charge in [0.25, 0.3) is 0 Å². The maximum atomic E-state index is 12.2. The molecule has 0 aliphatic carbocycles. The highest BCUT2D eigenvalue weighted by Gasteiger charge is 2.43. The van der Waals surface area contributed by atoms with Crippen molar-refractivity contribution in [2.75, 3.05) is 39.8 Å². The van der Waals surface area contributed by atoms with E-state index < -0.39 is 0 Å². The lowest BCUT2D eigenvalue weighted by atomic mass is 9.83. The minimum absolute atomic E-state index is 0.0622. The second-order valence-electron chi connectivity index (χ2n) is 8.29. The second kappa shape index (κ2) is 8.57. The van der Waals surface area contributed by atoms with Crippen LogP contribution in [0.25, 0.3) is 0 Å². The summed E-state index contributed by atoms with van der Waals surface area (Å²) in [5.74, 6) is 0. The Bertz CT molecular complexity index is 624. The van der Waals surface area contributed by atoms with Gasteiger partial charge in [-0.15, -0.1) is 0 Å². The first-order chi connectivity index (χ1) is 12.9. The number of aromatic nitrogens is 1. The summed E-state index contributed by atoms with van der Waals surface area (Å²) in [7, 11) is 2.23. The van der Waals surface area contributed by atoms with Crippen LogP contribution in [-0.4, -0.2) is 77.2 Å². The van der Waals surface area contributed by atoms with Crippen molar-refractivity contribution in [2.45, 2.75) is 58.2 Å². The fourth-order valence-electron chi connectivity index (χ4n) is 4.19. The standard InChI is InChI=1S/C21H34N4O2/c1-5-18-6-7-19(22-14-18)15-24-13-12-23(4)21(16-24)8-10-25(11-9-21)20(26)27-17(2)3/h6-7,14,17H,5,8-13,15-16H2,1-4H3. The molecule has 1 aromatic rings. The van der Waals surface area contributed by atoms with Crippen LogP contribution in [0, 0.1) is 0 Å². The Kier molecular flexibility index (Phi) is 6.37. The quantitative estimate of drug-likeness (QED) is 0.811. The van der Waals surface area contributed by atoms with E-state index in [-0.39, 0.29) is 17.7 Å². The first kappa shape index (κ1) is 20.1. The van der Waals surface area contributed by atoms with Crippen LogP contribution in [0.5, 0.6) is 0 Å². The van der Waals surface area contributed by atoms with Crippen molar-refractivity contribution in [3.05, 3.63) is 29.6 Å². The zero-order chi connectivity index (χ0) is 19.4. The first-order valence-electron chi connectivity index (χ1n) is 10.2. The topological polar surface area (TPSA) is 48.9 Å². The number of ether oxygens (including phenoxy) is 1. The van der Waals surface area contributed by atoms with Gasteiger partial charge in [0.05, 0.1) is 11.8 Å². The normalized spacial score (nSPS) is 21.0. The number of carbonyl (C=O) groups is 1. The molecule has 0 radical (unpaired) electrons. The highest BCUT2D eigenvalue weighted by molar-refractivity contribution is 5.68. The van der Waals surface area contributed by atoms with E-state index >= 15 is 0 Å². The van der Waals surface area contributed by atoms with Gasteiger partial charge < -0.3 is 9.64 Å². The molecule has 2 saturated heterocycles. The summed E-state index contributed by atoms with van der Waals surface area (Å²) in [6, 6.07) is 4.35. The third kappa shape index (κ3) is 4.79. The first-order valence-corrected chi connectivity index (χ1v) is 10.2. The molecule has 2 fully saturated rings. The van der Waals surface area contributed by atoms with Crippen LogP contribution in [0.4, 0.5) is 4.79 Å². The predicted molar refractivity (Wildman–Crippen MR) is 107 cm³/mol. The van der Waals surface area contributed by atoms with Gasteiger partial charge in [-0.25, -0.2) is 4.79 Å². The molecule has 1 aromatic heterocycles. The Morgan fingerprint density at radius 3 is 2.56 bits per heavy atom. The molecule has 6 heteroatoms. The van der Waals surface area contributed by atoms with Crippen molar-refractivity contribution in [3.63, 3.8) is 0 Å². The number of hydrogen-bond donors (Lipinski definition) is 0. The van der Waals surface area contributed by atoms with E-state index in [0.29, 0.717) is 0 Å². The van der Waals surface area contributed by atoms with Crippen LogP contribution in [0.1, 0.15) is 44.9 Å². The lowest BCUT2D eigenvalue weighted by Crippen LogP contribution is -2.64. The number of nitrogens with zero attached hydrogens (tertiary/aromatic N) is 4. The van der Waals surface area contributed by atoms with Crippen LogP contribution in [0.3, 0.4) is 0 Å². The lowest BCUT2D eigenvalue weighted by molar-refractivity contribution is -0.0310. The smallest absolute Gasteiger partial charge is 0.410 e. The number of piperazine rings is 1. The van der Waals surface area contributed by atoms with Gasteiger partial charge in [0.2, 0.25) is 0 Å². The van der Waals surface area contributed by atoms with E-state index in [1.807, 2.05) is 24.9 Å². The van der Waals surface area contributed by atoms with Gasteiger partial charge in [0, 0.05) is 51.0 Å². The molecule has 150 valence electrons. The number of likely N-dealkylation sites (tertiary alicyclic amines) is 1. The van der Waals surface area contributed by atoms with Crippen molar-refractivity contribution < 1.29 is 9.53 Å². The number of aryl methyl sites for hydroxylation is 1. The summed E-state index contributed by atoms with van der Waals surface area (Å²) in [6.07, 6.45) is 4.79. The van der Waals surface area contributed by atoms with Crippen molar-refractivity contribution in [1.29, 1.82) is 0 Å². The second-order valence-corrected chi connectivity index (χ2v) is 8.29. The fraction of sp³-hybridized carbons (Fsp3) is 0.714. The molecule has 6 nitrogen and oxygen atoms in total. The molecule has 1 spiro atoms. The molecule has 0 saturated carbocycles. The lowest BCUT2D eigenvalue weighted by Gasteiger charge is -2.53. The van der Waals surface area contributed by atoms with Crippen LogP contribution in [0.15, 0.2) is 18.3 Å². The van der Waals surface area contributed by atoms with Crippen LogP contribution in [0.2, 0.25) is 0 Å². The van der Waals surface area contributed by atoms with Gasteiger partial charge >= 0.3 is 6.09 Å². The van der Waals surface area contributed by atoms with Crippen LogP contribution >= 0.6 is 0 Å². The van der Waals surface area contributed by atoms with E-state index in [2.05, 4.69) is 40.9 Å². The molecule has 3 heterocycles. The molecule has 0 unspecified atom stereocenters. The van der Waals surface area contributed by atoms with E-state index in [0.717, 1.165) is 64.2 Å². The summed E-state index contributed by atoms with van der Waals surface area (Å²) in [5.41, 5.74) is 2.58. The molecule has 0 atom stereocenters. The monoisotopic (exact) mass is 374 g/mol. The summed E-state index contributed by atoms with van der Waals surface area (Å²) in [5, 5.41) is 0. The molecule has 1 amide bonds. The number of rotatable bonds is 4. The molecular weight excluding hydrogens is 340 g/mol. The molecule has 2 aliphatic rings.